The molecule has 0 aliphatic heterocycles. The number of nitro benzene ring substituents is 1. The first-order valence-electron chi connectivity index (χ1n) is 14.0. The number of fused-ring (bicyclic) bond motifs is 1. The number of hydrogen-bond acceptors (Lipinski definition) is 8. The van der Waals surface area contributed by atoms with Crippen LogP contribution in [0.3, 0.4) is 0 Å². The Kier molecular flexibility index (Phi) is 10.6. The summed E-state index contributed by atoms with van der Waals surface area (Å²) in [4.78, 5) is 54.4. The molecule has 3 aromatic rings. The van der Waals surface area contributed by atoms with Crippen LogP contribution < -0.4 is 10.6 Å². The number of esters is 1. The van der Waals surface area contributed by atoms with Crippen LogP contribution in [0, 0.1) is 16.0 Å². The van der Waals surface area contributed by atoms with Crippen molar-refractivity contribution in [3.63, 3.8) is 0 Å². The van der Waals surface area contributed by atoms with E-state index in [2.05, 4.69) is 15.6 Å². The van der Waals surface area contributed by atoms with Crippen molar-refractivity contribution in [2.75, 3.05) is 6.61 Å². The second kappa shape index (κ2) is 13.9. The van der Waals surface area contributed by atoms with Gasteiger partial charge in [-0.25, -0.2) is 14.6 Å². The highest BCUT2D eigenvalue weighted by atomic mass is 16.6. The molecule has 0 saturated carbocycles. The topological polar surface area (TPSA) is 155 Å². The number of rotatable bonds is 12. The number of nitrogens with zero attached hydrogens (tertiary/aromatic N) is 3. The van der Waals surface area contributed by atoms with E-state index in [4.69, 9.17) is 9.47 Å². The molecule has 226 valence electrons. The Morgan fingerprint density at radius 3 is 2.33 bits per heavy atom. The quantitative estimate of drug-likeness (QED) is 0.175. The van der Waals surface area contributed by atoms with Crippen molar-refractivity contribution in [1.29, 1.82) is 0 Å². The number of non-ortho nitro benzene ring substituents is 1. The fourth-order valence-corrected chi connectivity index (χ4v) is 4.46. The number of aryl methyl sites for hydroxylation is 1. The number of alkyl carbamates (subject to hydrolysis) is 1. The molecule has 0 fully saturated rings. The SMILES string of the molecule is CCOC(=O)[C@H](CC(C)C)NC(=O)[C@H](CCc1nc2cc([N+](=O)[O-])ccc2n1-c1ccccc1)NC(=O)OC(C)(C)C. The van der Waals surface area contributed by atoms with Gasteiger partial charge in [0.25, 0.3) is 5.69 Å². The third kappa shape index (κ3) is 8.76. The van der Waals surface area contributed by atoms with Crippen molar-refractivity contribution in [1.82, 2.24) is 20.2 Å². The second-order valence-electron chi connectivity index (χ2n) is 11.3. The molecular weight excluding hydrogens is 542 g/mol. The predicted molar refractivity (Wildman–Crippen MR) is 157 cm³/mol. The number of carbonyl (C=O) groups excluding carboxylic acids is 3. The van der Waals surface area contributed by atoms with Gasteiger partial charge in [0.2, 0.25) is 5.91 Å². The molecule has 0 bridgehead atoms. The number of nitrogens with one attached hydrogen (secondary N) is 2. The van der Waals surface area contributed by atoms with Crippen LogP contribution >= 0.6 is 0 Å². The summed E-state index contributed by atoms with van der Waals surface area (Å²) in [7, 11) is 0. The van der Waals surface area contributed by atoms with Crippen molar-refractivity contribution in [2.24, 2.45) is 5.92 Å². The molecule has 0 saturated heterocycles. The lowest BCUT2D eigenvalue weighted by molar-refractivity contribution is -0.384. The van der Waals surface area contributed by atoms with E-state index in [0.717, 1.165) is 5.69 Å². The van der Waals surface area contributed by atoms with Gasteiger partial charge in [-0.2, -0.15) is 0 Å². The standard InChI is InChI=1S/C30H39N5O7/c1-7-41-28(37)24(17-19(2)3)32-27(36)22(33-29(38)42-30(4,5)6)14-16-26-31-23-18-21(35(39)40)13-15-25(23)34(26)20-11-9-8-10-12-20/h8-13,15,18-19,22,24H,7,14,16-17H2,1-6H3,(H,32,36)(H,33,38)/t22-,24-/m0/s1. The molecule has 2 amide bonds. The van der Waals surface area contributed by atoms with Crippen molar-refractivity contribution in [3.8, 4) is 5.69 Å². The Hall–Kier alpha value is -4.48. The third-order valence-corrected chi connectivity index (χ3v) is 6.19. The number of aromatic nitrogens is 2. The van der Waals surface area contributed by atoms with Crippen LogP contribution in [-0.2, 0) is 25.5 Å². The van der Waals surface area contributed by atoms with Gasteiger partial charge in [0.05, 0.1) is 22.6 Å². The minimum absolute atomic E-state index is 0.0896. The smallest absolute Gasteiger partial charge is 0.408 e. The summed E-state index contributed by atoms with van der Waals surface area (Å²) in [6, 6.07) is 11.8. The molecule has 12 nitrogen and oxygen atoms in total. The average Bonchev–Trinajstić information content (AvgIpc) is 3.27. The van der Waals surface area contributed by atoms with Gasteiger partial charge < -0.3 is 20.1 Å². The first-order valence-corrected chi connectivity index (χ1v) is 14.0. The molecule has 42 heavy (non-hydrogen) atoms. The number of hydrogen-bond donors (Lipinski definition) is 2. The van der Waals surface area contributed by atoms with Crippen LogP contribution in [-0.4, -0.2) is 56.7 Å². The summed E-state index contributed by atoms with van der Waals surface area (Å²) >= 11 is 0. The van der Waals surface area contributed by atoms with E-state index >= 15 is 0 Å². The van der Waals surface area contributed by atoms with Crippen LogP contribution in [0.15, 0.2) is 48.5 Å². The highest BCUT2D eigenvalue weighted by Gasteiger charge is 2.30. The van der Waals surface area contributed by atoms with E-state index in [1.165, 1.54) is 12.1 Å². The van der Waals surface area contributed by atoms with Gasteiger partial charge in [-0.05, 0) is 64.7 Å². The fraction of sp³-hybridized carbons (Fsp3) is 0.467. The number of amides is 2. The first kappa shape index (κ1) is 32.0. The van der Waals surface area contributed by atoms with Crippen molar-refractivity contribution in [3.05, 3.63) is 64.5 Å². The molecule has 1 heterocycles. The Balaban J connectivity index is 1.95. The Bertz CT molecular complexity index is 1410. The van der Waals surface area contributed by atoms with E-state index in [-0.39, 0.29) is 31.1 Å². The van der Waals surface area contributed by atoms with Crippen molar-refractivity contribution >= 4 is 34.7 Å². The monoisotopic (exact) mass is 581 g/mol. The van der Waals surface area contributed by atoms with Gasteiger partial charge in [-0.1, -0.05) is 32.0 Å². The second-order valence-corrected chi connectivity index (χ2v) is 11.3. The lowest BCUT2D eigenvalue weighted by Gasteiger charge is -2.25. The van der Waals surface area contributed by atoms with E-state index in [1.54, 1.807) is 33.8 Å². The maximum Gasteiger partial charge on any atom is 0.408 e. The molecule has 2 aromatic carbocycles. The summed E-state index contributed by atoms with van der Waals surface area (Å²) < 4.78 is 12.4. The van der Waals surface area contributed by atoms with Gasteiger partial charge in [-0.3, -0.25) is 19.5 Å². The summed E-state index contributed by atoms with van der Waals surface area (Å²) in [5.74, 6) is -0.503. The minimum Gasteiger partial charge on any atom is -0.464 e. The van der Waals surface area contributed by atoms with Crippen molar-refractivity contribution in [2.45, 2.75) is 78.5 Å². The van der Waals surface area contributed by atoms with Crippen LogP contribution in [0.5, 0.6) is 0 Å². The first-order chi connectivity index (χ1) is 19.8. The molecule has 2 N–H and O–H groups in total. The molecule has 0 spiro atoms. The van der Waals surface area contributed by atoms with Gasteiger partial charge in [-0.15, -0.1) is 0 Å². The average molecular weight is 582 g/mol. The highest BCUT2D eigenvalue weighted by Crippen LogP contribution is 2.26. The van der Waals surface area contributed by atoms with Crippen LogP contribution in [0.2, 0.25) is 0 Å². The summed E-state index contributed by atoms with van der Waals surface area (Å²) in [5.41, 5.74) is 0.965. The zero-order valence-electron chi connectivity index (χ0n) is 24.9. The number of ether oxygens (including phenoxy) is 2. The molecule has 3 rings (SSSR count). The van der Waals surface area contributed by atoms with Gasteiger partial charge in [0.15, 0.2) is 0 Å². The molecule has 12 heteroatoms. The number of nitro groups is 1. The van der Waals surface area contributed by atoms with E-state index in [1.807, 2.05) is 48.7 Å². The number of carbonyl (C=O) groups is 3. The van der Waals surface area contributed by atoms with Gasteiger partial charge in [0, 0.05) is 24.2 Å². The maximum absolute atomic E-state index is 13.5. The third-order valence-electron chi connectivity index (χ3n) is 6.19. The zero-order valence-corrected chi connectivity index (χ0v) is 24.9. The van der Waals surface area contributed by atoms with Crippen LogP contribution in [0.1, 0.15) is 60.2 Å². The molecule has 0 unspecified atom stereocenters. The van der Waals surface area contributed by atoms with Crippen molar-refractivity contribution < 1.29 is 28.8 Å². The zero-order chi connectivity index (χ0) is 31.0. The number of benzene rings is 2. The Morgan fingerprint density at radius 1 is 1.05 bits per heavy atom. The van der Waals surface area contributed by atoms with E-state index in [9.17, 15) is 24.5 Å². The summed E-state index contributed by atoms with van der Waals surface area (Å²) in [5, 5.41) is 16.8. The van der Waals surface area contributed by atoms with Crippen LogP contribution in [0.4, 0.5) is 10.5 Å². The lowest BCUT2D eigenvalue weighted by Crippen LogP contribution is -2.53. The molecular formula is C30H39N5O7. The summed E-state index contributed by atoms with van der Waals surface area (Å²) in [6.07, 6.45) is -0.127. The number of para-hydroxylation sites is 1. The molecule has 0 aliphatic carbocycles. The molecule has 1 aromatic heterocycles. The normalized spacial score (nSPS) is 12.9. The van der Waals surface area contributed by atoms with E-state index in [0.29, 0.717) is 23.3 Å². The molecule has 0 radical (unpaired) electrons. The summed E-state index contributed by atoms with van der Waals surface area (Å²) in [6.45, 7) is 10.8. The van der Waals surface area contributed by atoms with Crippen LogP contribution in [0.25, 0.3) is 16.7 Å². The largest absolute Gasteiger partial charge is 0.464 e. The lowest BCUT2D eigenvalue weighted by atomic mass is 10.0. The molecule has 2 atom stereocenters. The Labute approximate surface area is 244 Å². The fourth-order valence-electron chi connectivity index (χ4n) is 4.46. The van der Waals surface area contributed by atoms with E-state index < -0.39 is 40.6 Å². The highest BCUT2D eigenvalue weighted by molar-refractivity contribution is 5.89. The Morgan fingerprint density at radius 2 is 1.74 bits per heavy atom. The molecule has 0 aliphatic rings. The predicted octanol–water partition coefficient (Wildman–Crippen LogP) is 4.85. The number of imidazole rings is 1. The van der Waals surface area contributed by atoms with Gasteiger partial charge in [0.1, 0.15) is 23.5 Å². The minimum atomic E-state index is -1.08. The maximum atomic E-state index is 13.5. The van der Waals surface area contributed by atoms with Gasteiger partial charge >= 0.3 is 12.1 Å².